The lowest BCUT2D eigenvalue weighted by atomic mass is 10.0. The molecule has 0 saturated carbocycles. The highest BCUT2D eigenvalue weighted by molar-refractivity contribution is 5.83. The minimum absolute atomic E-state index is 0.0949. The minimum Gasteiger partial charge on any atom is -0.485 e. The van der Waals surface area contributed by atoms with Gasteiger partial charge in [-0.2, -0.15) is 0 Å². The van der Waals surface area contributed by atoms with E-state index < -0.39 is 11.6 Å². The zero-order valence-corrected chi connectivity index (χ0v) is 18.7. The van der Waals surface area contributed by atoms with Gasteiger partial charge in [-0.1, -0.05) is 26.0 Å². The van der Waals surface area contributed by atoms with Crippen molar-refractivity contribution in [2.45, 2.75) is 45.4 Å². The van der Waals surface area contributed by atoms with Crippen molar-refractivity contribution in [2.24, 2.45) is 0 Å². The van der Waals surface area contributed by atoms with Gasteiger partial charge in [-0.05, 0) is 44.2 Å². The van der Waals surface area contributed by atoms with Gasteiger partial charge in [-0.3, -0.25) is 9.59 Å². The number of nitrogens with one attached hydrogen (secondary N) is 2. The topological polar surface area (TPSA) is 89.8 Å². The Morgan fingerprint density at radius 1 is 1.12 bits per heavy atom. The first-order valence-corrected chi connectivity index (χ1v) is 10.7. The lowest BCUT2D eigenvalue weighted by Crippen LogP contribution is -2.56. The third-order valence-corrected chi connectivity index (χ3v) is 5.23. The molecule has 0 fully saturated rings. The van der Waals surface area contributed by atoms with Crippen LogP contribution in [0.2, 0.25) is 0 Å². The van der Waals surface area contributed by atoms with E-state index in [2.05, 4.69) is 24.5 Å². The first-order chi connectivity index (χ1) is 15.2. The van der Waals surface area contributed by atoms with Crippen LogP contribution in [0.25, 0.3) is 22.3 Å². The summed E-state index contributed by atoms with van der Waals surface area (Å²) in [6.07, 6.45) is -0.745. The molecule has 3 aromatic rings. The number of para-hydroxylation sites is 1. The molecule has 168 valence electrons. The number of carbonyl (C=O) groups excluding carboxylic acids is 1. The molecule has 32 heavy (non-hydrogen) atoms. The molecule has 7 heteroatoms. The summed E-state index contributed by atoms with van der Waals surface area (Å²) in [5.41, 5.74) is 0.681. The highest BCUT2D eigenvalue weighted by Gasteiger charge is 2.31. The number of hydrogen-bond donors (Lipinski definition) is 2. The van der Waals surface area contributed by atoms with Crippen LogP contribution in [0, 0.1) is 0 Å². The summed E-state index contributed by atoms with van der Waals surface area (Å²) in [6, 6.07) is 14.2. The van der Waals surface area contributed by atoms with Crippen LogP contribution in [0.5, 0.6) is 11.5 Å². The van der Waals surface area contributed by atoms with E-state index in [1.807, 2.05) is 19.9 Å². The van der Waals surface area contributed by atoms with Crippen molar-refractivity contribution in [1.29, 1.82) is 0 Å². The van der Waals surface area contributed by atoms with Crippen LogP contribution in [0.1, 0.15) is 27.7 Å². The van der Waals surface area contributed by atoms with Gasteiger partial charge in [-0.15, -0.1) is 0 Å². The van der Waals surface area contributed by atoms with E-state index in [1.54, 1.807) is 36.4 Å². The van der Waals surface area contributed by atoms with Crippen molar-refractivity contribution in [3.63, 3.8) is 0 Å². The van der Waals surface area contributed by atoms with Gasteiger partial charge in [0, 0.05) is 29.8 Å². The number of fused-ring (bicyclic) bond motifs is 2. The second-order valence-electron chi connectivity index (χ2n) is 8.96. The van der Waals surface area contributed by atoms with E-state index >= 15 is 0 Å². The lowest BCUT2D eigenvalue weighted by molar-refractivity contribution is -0.132. The van der Waals surface area contributed by atoms with Gasteiger partial charge in [0.15, 0.2) is 16.9 Å². The predicted octanol–water partition coefficient (Wildman–Crippen LogP) is 3.49. The molecule has 0 radical (unpaired) electrons. The fourth-order valence-corrected chi connectivity index (χ4v) is 3.52. The standard InChI is InChI=1S/C25H28N2O5/c1-15(2)26-14-25(3,4)27-24(29)23-13-30-22-11-16(9-10-20(22)32-23)21-12-18(28)17-7-5-6-8-19(17)31-21/h5-12,15,23,26H,13-14H2,1-4H3,(H,27,29). The molecule has 0 saturated heterocycles. The van der Waals surface area contributed by atoms with E-state index in [0.29, 0.717) is 46.4 Å². The highest BCUT2D eigenvalue weighted by atomic mass is 16.6. The van der Waals surface area contributed by atoms with Crippen LogP contribution in [0.4, 0.5) is 0 Å². The van der Waals surface area contributed by atoms with E-state index in [9.17, 15) is 9.59 Å². The van der Waals surface area contributed by atoms with Crippen LogP contribution in [-0.2, 0) is 4.79 Å². The smallest absolute Gasteiger partial charge is 0.265 e. The van der Waals surface area contributed by atoms with Crippen LogP contribution < -0.4 is 25.5 Å². The van der Waals surface area contributed by atoms with Gasteiger partial charge >= 0.3 is 0 Å². The van der Waals surface area contributed by atoms with Gasteiger partial charge in [0.2, 0.25) is 6.10 Å². The van der Waals surface area contributed by atoms with Crippen LogP contribution in [0.15, 0.2) is 57.7 Å². The third kappa shape index (κ3) is 4.78. The average molecular weight is 437 g/mol. The predicted molar refractivity (Wildman–Crippen MR) is 123 cm³/mol. The second-order valence-corrected chi connectivity index (χ2v) is 8.96. The summed E-state index contributed by atoms with van der Waals surface area (Å²) < 4.78 is 17.6. The largest absolute Gasteiger partial charge is 0.485 e. The molecule has 2 aromatic carbocycles. The van der Waals surface area contributed by atoms with Gasteiger partial charge in [0.1, 0.15) is 18.0 Å². The number of benzene rings is 2. The Labute approximate surface area is 186 Å². The van der Waals surface area contributed by atoms with Crippen molar-refractivity contribution in [3.8, 4) is 22.8 Å². The van der Waals surface area contributed by atoms with Crippen molar-refractivity contribution in [1.82, 2.24) is 10.6 Å². The third-order valence-electron chi connectivity index (χ3n) is 5.23. The summed E-state index contributed by atoms with van der Waals surface area (Å²) in [7, 11) is 0. The Balaban J connectivity index is 1.49. The Morgan fingerprint density at radius 2 is 1.91 bits per heavy atom. The quantitative estimate of drug-likeness (QED) is 0.615. The molecular weight excluding hydrogens is 408 g/mol. The van der Waals surface area contributed by atoms with Crippen molar-refractivity contribution in [2.75, 3.05) is 13.2 Å². The molecule has 1 aliphatic rings. The zero-order valence-electron chi connectivity index (χ0n) is 18.7. The maximum atomic E-state index is 12.7. The molecule has 0 bridgehead atoms. The molecule has 1 unspecified atom stereocenters. The number of hydrogen-bond acceptors (Lipinski definition) is 6. The number of amides is 1. The molecule has 1 aliphatic heterocycles. The summed E-state index contributed by atoms with van der Waals surface area (Å²) in [5.74, 6) is 1.19. The number of ether oxygens (including phenoxy) is 2. The molecule has 4 rings (SSSR count). The van der Waals surface area contributed by atoms with E-state index in [0.717, 1.165) is 0 Å². The normalized spacial score (nSPS) is 15.7. The first-order valence-electron chi connectivity index (χ1n) is 10.7. The summed E-state index contributed by atoms with van der Waals surface area (Å²) in [6.45, 7) is 8.77. The highest BCUT2D eigenvalue weighted by Crippen LogP contribution is 2.36. The number of carbonyl (C=O) groups is 1. The molecule has 1 atom stereocenters. The molecule has 2 N–H and O–H groups in total. The van der Waals surface area contributed by atoms with Crippen LogP contribution in [-0.4, -0.2) is 36.7 Å². The van der Waals surface area contributed by atoms with Crippen LogP contribution >= 0.6 is 0 Å². The molecule has 1 aromatic heterocycles. The summed E-state index contributed by atoms with van der Waals surface area (Å²) in [4.78, 5) is 25.1. The van der Waals surface area contributed by atoms with Crippen molar-refractivity contribution < 1.29 is 18.7 Å². The van der Waals surface area contributed by atoms with E-state index in [-0.39, 0.29) is 17.9 Å². The summed E-state index contributed by atoms with van der Waals surface area (Å²) in [5, 5.41) is 6.88. The lowest BCUT2D eigenvalue weighted by Gasteiger charge is -2.32. The second kappa shape index (κ2) is 8.67. The maximum absolute atomic E-state index is 12.7. The fraction of sp³-hybridized carbons (Fsp3) is 0.360. The SMILES string of the molecule is CC(C)NCC(C)(C)NC(=O)C1COc2cc(-c3cc(=O)c4ccccc4o3)ccc2O1. The Bertz CT molecular complexity index is 1200. The van der Waals surface area contributed by atoms with Crippen LogP contribution in [0.3, 0.4) is 0 Å². The Hall–Kier alpha value is -3.32. The molecule has 0 spiro atoms. The molecular formula is C25H28N2O5. The van der Waals surface area contributed by atoms with Crippen molar-refractivity contribution in [3.05, 3.63) is 58.8 Å². The Morgan fingerprint density at radius 3 is 2.69 bits per heavy atom. The summed E-state index contributed by atoms with van der Waals surface area (Å²) >= 11 is 0. The van der Waals surface area contributed by atoms with E-state index in [4.69, 9.17) is 13.9 Å². The number of rotatable bonds is 6. The van der Waals surface area contributed by atoms with Crippen molar-refractivity contribution >= 4 is 16.9 Å². The van der Waals surface area contributed by atoms with Gasteiger partial charge in [0.25, 0.3) is 5.91 Å². The minimum atomic E-state index is -0.745. The molecule has 1 amide bonds. The zero-order chi connectivity index (χ0) is 22.9. The van der Waals surface area contributed by atoms with Gasteiger partial charge in [-0.25, -0.2) is 0 Å². The molecule has 2 heterocycles. The fourth-order valence-electron chi connectivity index (χ4n) is 3.52. The Kier molecular flexibility index (Phi) is 5.93. The van der Waals surface area contributed by atoms with Gasteiger partial charge in [0.05, 0.1) is 5.39 Å². The maximum Gasteiger partial charge on any atom is 0.265 e. The monoisotopic (exact) mass is 436 g/mol. The van der Waals surface area contributed by atoms with Gasteiger partial charge < -0.3 is 24.5 Å². The molecule has 0 aliphatic carbocycles. The average Bonchev–Trinajstić information content (AvgIpc) is 2.77. The first kappa shape index (κ1) is 21.9. The van der Waals surface area contributed by atoms with E-state index in [1.165, 1.54) is 6.07 Å². The molecule has 7 nitrogen and oxygen atoms in total.